The van der Waals surface area contributed by atoms with Gasteiger partial charge in [0.2, 0.25) is 6.23 Å². The maximum Gasteiger partial charge on any atom is 0.214 e. The predicted molar refractivity (Wildman–Crippen MR) is 117 cm³/mol. The lowest BCUT2D eigenvalue weighted by atomic mass is 9.97. The van der Waals surface area contributed by atoms with E-state index in [2.05, 4.69) is 50.6 Å². The van der Waals surface area contributed by atoms with Gasteiger partial charge in [0.25, 0.3) is 0 Å². The Hall–Kier alpha value is -2.51. The summed E-state index contributed by atoms with van der Waals surface area (Å²) in [4.78, 5) is 1.20. The largest absolute Gasteiger partial charge is 0.493 e. The molecule has 3 heterocycles. The number of methoxy groups -OCH3 is 2. The monoisotopic (exact) mass is 470 g/mol. The maximum atomic E-state index is 6.43. The van der Waals surface area contributed by atoms with Gasteiger partial charge >= 0.3 is 0 Å². The normalized spacial score (nSPS) is 19.8. The van der Waals surface area contributed by atoms with Crippen molar-refractivity contribution in [3.8, 4) is 17.2 Å². The van der Waals surface area contributed by atoms with Crippen LogP contribution < -0.4 is 14.2 Å². The van der Waals surface area contributed by atoms with Crippen LogP contribution in [0.25, 0.3) is 0 Å². The van der Waals surface area contributed by atoms with Crippen molar-refractivity contribution in [1.82, 2.24) is 5.01 Å². The second-order valence-corrected chi connectivity index (χ2v) is 8.67. The highest BCUT2D eigenvalue weighted by Gasteiger charge is 2.41. The van der Waals surface area contributed by atoms with Crippen LogP contribution in [0.4, 0.5) is 0 Å². The van der Waals surface area contributed by atoms with Crippen LogP contribution in [0.2, 0.25) is 0 Å². The number of hydrogen-bond acceptors (Lipinski definition) is 6. The Labute approximate surface area is 181 Å². The van der Waals surface area contributed by atoms with E-state index in [0.29, 0.717) is 11.5 Å². The molecule has 0 saturated heterocycles. The van der Waals surface area contributed by atoms with Crippen molar-refractivity contribution in [2.75, 3.05) is 14.2 Å². The van der Waals surface area contributed by atoms with Crippen LogP contribution in [0.5, 0.6) is 17.2 Å². The quantitative estimate of drug-likeness (QED) is 0.485. The Morgan fingerprint density at radius 1 is 1.14 bits per heavy atom. The molecule has 1 aromatic heterocycles. The molecule has 0 spiro atoms. The van der Waals surface area contributed by atoms with Gasteiger partial charge in [-0.1, -0.05) is 24.3 Å². The fraction of sp³-hybridized carbons (Fsp3) is 0.227. The third kappa shape index (κ3) is 3.09. The molecule has 5 nitrogen and oxygen atoms in total. The fourth-order valence-electron chi connectivity index (χ4n) is 3.93. The van der Waals surface area contributed by atoms with E-state index < -0.39 is 0 Å². The molecule has 0 bridgehead atoms. The number of para-hydroxylation sites is 1. The van der Waals surface area contributed by atoms with Crippen molar-refractivity contribution >= 4 is 33.0 Å². The van der Waals surface area contributed by atoms with Gasteiger partial charge < -0.3 is 14.2 Å². The van der Waals surface area contributed by atoms with Crippen molar-refractivity contribution < 1.29 is 14.2 Å². The number of fused-ring (bicyclic) bond motifs is 3. The average Bonchev–Trinajstić information content (AvgIpc) is 3.42. The molecule has 0 radical (unpaired) electrons. The summed E-state index contributed by atoms with van der Waals surface area (Å²) in [5.74, 6) is 2.21. The molecule has 0 amide bonds. The molecule has 0 fully saturated rings. The molecule has 3 aromatic rings. The SMILES string of the molecule is COc1cc([C@H]2Oc3ccccc3[C@@H]3CC(c4cccs4)=NN23)cc(Br)c1OC. The lowest BCUT2D eigenvalue weighted by Crippen LogP contribution is -2.33. The Morgan fingerprint density at radius 2 is 2.00 bits per heavy atom. The summed E-state index contributed by atoms with van der Waals surface area (Å²) in [6, 6.07) is 16.5. The third-order valence-electron chi connectivity index (χ3n) is 5.25. The number of thiophene rings is 1. The molecule has 0 unspecified atom stereocenters. The van der Waals surface area contributed by atoms with Crippen LogP contribution in [-0.4, -0.2) is 24.9 Å². The maximum absolute atomic E-state index is 6.43. The summed E-state index contributed by atoms with van der Waals surface area (Å²) >= 11 is 5.32. The van der Waals surface area contributed by atoms with Gasteiger partial charge in [-0.15, -0.1) is 11.3 Å². The number of ether oxygens (including phenoxy) is 3. The molecule has 2 aliphatic heterocycles. The molecule has 7 heteroatoms. The smallest absolute Gasteiger partial charge is 0.214 e. The molecule has 2 atom stereocenters. The van der Waals surface area contributed by atoms with Crippen LogP contribution >= 0.6 is 27.3 Å². The molecular weight excluding hydrogens is 452 g/mol. The number of halogens is 1. The Balaban J connectivity index is 1.62. The molecule has 0 saturated carbocycles. The minimum atomic E-state index is -0.358. The Morgan fingerprint density at radius 3 is 2.76 bits per heavy atom. The van der Waals surface area contributed by atoms with Crippen LogP contribution in [0.15, 0.2) is 63.5 Å². The zero-order valence-corrected chi connectivity index (χ0v) is 18.4. The van der Waals surface area contributed by atoms with Gasteiger partial charge in [-0.25, -0.2) is 5.01 Å². The molecule has 2 aliphatic rings. The highest BCUT2D eigenvalue weighted by atomic mass is 79.9. The van der Waals surface area contributed by atoms with Gasteiger partial charge in [0.1, 0.15) is 5.75 Å². The van der Waals surface area contributed by atoms with E-state index in [1.54, 1.807) is 25.6 Å². The van der Waals surface area contributed by atoms with Gasteiger partial charge in [-0.2, -0.15) is 5.10 Å². The van der Waals surface area contributed by atoms with Crippen LogP contribution in [-0.2, 0) is 0 Å². The minimum Gasteiger partial charge on any atom is -0.493 e. The third-order valence-corrected chi connectivity index (χ3v) is 6.75. The lowest BCUT2D eigenvalue weighted by molar-refractivity contribution is -0.0192. The summed E-state index contributed by atoms with van der Waals surface area (Å²) in [5.41, 5.74) is 3.21. The molecular formula is C22H19BrN2O3S. The van der Waals surface area contributed by atoms with E-state index in [0.717, 1.165) is 27.9 Å². The number of benzene rings is 2. The van der Waals surface area contributed by atoms with Gasteiger partial charge in [0.15, 0.2) is 11.5 Å². The second-order valence-electron chi connectivity index (χ2n) is 6.87. The lowest BCUT2D eigenvalue weighted by Gasteiger charge is -2.38. The molecule has 29 heavy (non-hydrogen) atoms. The number of rotatable bonds is 4. The van der Waals surface area contributed by atoms with E-state index in [1.165, 1.54) is 10.4 Å². The van der Waals surface area contributed by atoms with Crippen molar-refractivity contribution in [1.29, 1.82) is 0 Å². The number of hydrazone groups is 1. The first-order chi connectivity index (χ1) is 14.2. The van der Waals surface area contributed by atoms with Crippen LogP contribution in [0, 0.1) is 0 Å². The topological polar surface area (TPSA) is 43.3 Å². The molecule has 148 valence electrons. The molecule has 2 aromatic carbocycles. The number of hydrogen-bond donors (Lipinski definition) is 0. The van der Waals surface area contributed by atoms with E-state index in [9.17, 15) is 0 Å². The van der Waals surface area contributed by atoms with Crippen molar-refractivity contribution in [3.05, 3.63) is 74.4 Å². The molecule has 5 rings (SSSR count). The highest BCUT2D eigenvalue weighted by molar-refractivity contribution is 9.10. The second kappa shape index (κ2) is 7.39. The summed E-state index contributed by atoms with van der Waals surface area (Å²) in [7, 11) is 3.26. The first-order valence-corrected chi connectivity index (χ1v) is 10.9. The molecule has 0 aliphatic carbocycles. The number of nitrogens with zero attached hydrogens (tertiary/aromatic N) is 2. The zero-order chi connectivity index (χ0) is 20.0. The van der Waals surface area contributed by atoms with Gasteiger partial charge in [0.05, 0.1) is 35.3 Å². The average molecular weight is 471 g/mol. The summed E-state index contributed by atoms with van der Waals surface area (Å²) in [5, 5.41) is 9.15. The van der Waals surface area contributed by atoms with Crippen molar-refractivity contribution in [2.45, 2.75) is 18.7 Å². The standard InChI is InChI=1S/C22H19BrN2O3S/c1-26-19-11-13(10-15(23)21(19)27-2)22-25-17(14-6-3-4-7-18(14)28-22)12-16(24-25)20-8-5-9-29-20/h3-11,17,22H,12H2,1-2H3/t17-,22+/m0/s1. The van der Waals surface area contributed by atoms with Gasteiger partial charge in [-0.3, -0.25) is 0 Å². The van der Waals surface area contributed by atoms with Crippen molar-refractivity contribution in [3.63, 3.8) is 0 Å². The zero-order valence-electron chi connectivity index (χ0n) is 16.0. The predicted octanol–water partition coefficient (Wildman–Crippen LogP) is 5.77. The van der Waals surface area contributed by atoms with Crippen molar-refractivity contribution in [2.24, 2.45) is 5.10 Å². The highest BCUT2D eigenvalue weighted by Crippen LogP contribution is 2.49. The first-order valence-electron chi connectivity index (χ1n) is 9.26. The Kier molecular flexibility index (Phi) is 4.72. The van der Waals surface area contributed by atoms with E-state index in [1.807, 2.05) is 24.3 Å². The summed E-state index contributed by atoms with van der Waals surface area (Å²) < 4.78 is 18.3. The van der Waals surface area contributed by atoms with E-state index >= 15 is 0 Å². The van der Waals surface area contributed by atoms with Gasteiger partial charge in [0, 0.05) is 17.5 Å². The van der Waals surface area contributed by atoms with E-state index in [4.69, 9.17) is 19.3 Å². The summed E-state index contributed by atoms with van der Waals surface area (Å²) in [6.45, 7) is 0. The van der Waals surface area contributed by atoms with E-state index in [-0.39, 0.29) is 12.3 Å². The van der Waals surface area contributed by atoms with Crippen LogP contribution in [0.1, 0.15) is 34.7 Å². The summed E-state index contributed by atoms with van der Waals surface area (Å²) in [6.07, 6.45) is 0.495. The Bertz CT molecular complexity index is 1080. The van der Waals surface area contributed by atoms with Crippen LogP contribution in [0.3, 0.4) is 0 Å². The first kappa shape index (κ1) is 18.5. The minimum absolute atomic E-state index is 0.133. The van der Waals surface area contributed by atoms with Gasteiger partial charge in [-0.05, 0) is 45.6 Å². The fourth-order valence-corrected chi connectivity index (χ4v) is 5.27. The molecule has 0 N–H and O–H groups in total.